The monoisotopic (exact) mass is 274 g/mol. The van der Waals surface area contributed by atoms with Gasteiger partial charge in [0, 0.05) is 49.3 Å². The van der Waals surface area contributed by atoms with Gasteiger partial charge in [-0.1, -0.05) is 0 Å². The van der Waals surface area contributed by atoms with Gasteiger partial charge in [0.25, 0.3) is 0 Å². The SMILES string of the molecule is CN1CCC(N(C)c2ccncc2CNC2CC2)CC1. The van der Waals surface area contributed by atoms with E-state index in [2.05, 4.69) is 40.3 Å². The Kier molecular flexibility index (Phi) is 4.22. The van der Waals surface area contributed by atoms with E-state index in [0.717, 1.165) is 12.6 Å². The van der Waals surface area contributed by atoms with Crippen molar-refractivity contribution in [3.63, 3.8) is 0 Å². The molecule has 0 amide bonds. The van der Waals surface area contributed by atoms with E-state index >= 15 is 0 Å². The highest BCUT2D eigenvalue weighted by molar-refractivity contribution is 5.52. The van der Waals surface area contributed by atoms with Gasteiger partial charge in [-0.3, -0.25) is 4.98 Å². The smallest absolute Gasteiger partial charge is 0.0442 e. The Labute approximate surface area is 122 Å². The van der Waals surface area contributed by atoms with Gasteiger partial charge in [-0.25, -0.2) is 0 Å². The van der Waals surface area contributed by atoms with Crippen LogP contribution in [0.1, 0.15) is 31.2 Å². The van der Waals surface area contributed by atoms with Gasteiger partial charge in [0.15, 0.2) is 0 Å². The van der Waals surface area contributed by atoms with Crippen molar-refractivity contribution < 1.29 is 0 Å². The van der Waals surface area contributed by atoms with Crippen LogP contribution in [0, 0.1) is 0 Å². The second-order valence-corrected chi connectivity index (χ2v) is 6.30. The lowest BCUT2D eigenvalue weighted by Gasteiger charge is -2.37. The predicted molar refractivity (Wildman–Crippen MR) is 83.0 cm³/mol. The maximum Gasteiger partial charge on any atom is 0.0442 e. The maximum atomic E-state index is 4.31. The van der Waals surface area contributed by atoms with Gasteiger partial charge in [0.1, 0.15) is 0 Å². The van der Waals surface area contributed by atoms with Gasteiger partial charge in [-0.15, -0.1) is 0 Å². The number of piperidine rings is 1. The topological polar surface area (TPSA) is 31.4 Å². The average molecular weight is 274 g/mol. The molecule has 1 aliphatic heterocycles. The van der Waals surface area contributed by atoms with E-state index in [0.29, 0.717) is 6.04 Å². The molecule has 0 atom stereocenters. The van der Waals surface area contributed by atoms with Crippen molar-refractivity contribution in [3.05, 3.63) is 24.0 Å². The largest absolute Gasteiger partial charge is 0.371 e. The molecule has 0 unspecified atom stereocenters. The maximum absolute atomic E-state index is 4.31. The summed E-state index contributed by atoms with van der Waals surface area (Å²) in [5.74, 6) is 0. The van der Waals surface area contributed by atoms with Crippen LogP contribution in [0.2, 0.25) is 0 Å². The summed E-state index contributed by atoms with van der Waals surface area (Å²) in [5, 5.41) is 3.60. The summed E-state index contributed by atoms with van der Waals surface area (Å²) in [5.41, 5.74) is 2.68. The Morgan fingerprint density at radius 3 is 2.75 bits per heavy atom. The first-order chi connectivity index (χ1) is 9.74. The Bertz CT molecular complexity index is 436. The minimum atomic E-state index is 0.660. The number of anilines is 1. The molecule has 4 nitrogen and oxygen atoms in total. The third kappa shape index (κ3) is 3.30. The number of hydrogen-bond acceptors (Lipinski definition) is 4. The molecule has 0 aromatic carbocycles. The average Bonchev–Trinajstić information content (AvgIpc) is 3.30. The molecule has 1 aromatic heterocycles. The number of rotatable bonds is 5. The zero-order valence-corrected chi connectivity index (χ0v) is 12.7. The first kappa shape index (κ1) is 13.8. The molecular formula is C16H26N4. The van der Waals surface area contributed by atoms with Crippen molar-refractivity contribution in [2.45, 2.75) is 44.3 Å². The van der Waals surface area contributed by atoms with E-state index in [1.54, 1.807) is 0 Å². The van der Waals surface area contributed by atoms with Gasteiger partial charge in [0.05, 0.1) is 0 Å². The van der Waals surface area contributed by atoms with E-state index in [1.165, 1.54) is 50.0 Å². The molecule has 1 saturated carbocycles. The van der Waals surface area contributed by atoms with Crippen molar-refractivity contribution in [2.24, 2.45) is 0 Å². The summed E-state index contributed by atoms with van der Waals surface area (Å²) in [6.07, 6.45) is 9.12. The Hall–Kier alpha value is -1.13. The summed E-state index contributed by atoms with van der Waals surface area (Å²) in [7, 11) is 4.46. The molecule has 110 valence electrons. The summed E-state index contributed by atoms with van der Waals surface area (Å²) >= 11 is 0. The number of aromatic nitrogens is 1. The van der Waals surface area contributed by atoms with E-state index < -0.39 is 0 Å². The van der Waals surface area contributed by atoms with Crippen LogP contribution in [-0.2, 0) is 6.54 Å². The van der Waals surface area contributed by atoms with Crippen molar-refractivity contribution in [1.82, 2.24) is 15.2 Å². The molecule has 0 radical (unpaired) electrons. The number of likely N-dealkylation sites (tertiary alicyclic amines) is 1. The van der Waals surface area contributed by atoms with Crippen LogP contribution >= 0.6 is 0 Å². The molecule has 2 heterocycles. The second kappa shape index (κ2) is 6.10. The molecule has 1 saturated heterocycles. The molecular weight excluding hydrogens is 248 g/mol. The molecule has 4 heteroatoms. The number of nitrogens with zero attached hydrogens (tertiary/aromatic N) is 3. The zero-order valence-electron chi connectivity index (χ0n) is 12.7. The van der Waals surface area contributed by atoms with Crippen LogP contribution < -0.4 is 10.2 Å². The van der Waals surface area contributed by atoms with Gasteiger partial charge >= 0.3 is 0 Å². The molecule has 2 fully saturated rings. The molecule has 1 aromatic rings. The summed E-state index contributed by atoms with van der Waals surface area (Å²) < 4.78 is 0. The van der Waals surface area contributed by atoms with Crippen LogP contribution in [0.25, 0.3) is 0 Å². The van der Waals surface area contributed by atoms with Gasteiger partial charge in [-0.2, -0.15) is 0 Å². The molecule has 0 spiro atoms. The van der Waals surface area contributed by atoms with Gasteiger partial charge in [-0.05, 0) is 51.9 Å². The first-order valence-corrected chi connectivity index (χ1v) is 7.81. The quantitative estimate of drug-likeness (QED) is 0.888. The fourth-order valence-electron chi connectivity index (χ4n) is 3.02. The third-order valence-corrected chi connectivity index (χ3v) is 4.65. The standard InChI is InChI=1S/C16H26N4/c1-19-9-6-15(7-10-19)20(2)16-5-8-17-11-13(16)12-18-14-3-4-14/h5,8,11,14-15,18H,3-4,6-7,9-10,12H2,1-2H3. The lowest BCUT2D eigenvalue weighted by molar-refractivity contribution is 0.252. The van der Waals surface area contributed by atoms with E-state index in [-0.39, 0.29) is 0 Å². The fourth-order valence-corrected chi connectivity index (χ4v) is 3.02. The minimum Gasteiger partial charge on any atom is -0.371 e. The molecule has 1 aliphatic carbocycles. The molecule has 20 heavy (non-hydrogen) atoms. The van der Waals surface area contributed by atoms with E-state index in [1.807, 2.05) is 12.4 Å². The van der Waals surface area contributed by atoms with E-state index in [9.17, 15) is 0 Å². The lowest BCUT2D eigenvalue weighted by atomic mass is 10.0. The Balaban J connectivity index is 1.67. The molecule has 3 rings (SSSR count). The number of pyridine rings is 1. The summed E-state index contributed by atoms with van der Waals surface area (Å²) in [4.78, 5) is 9.20. The van der Waals surface area contributed by atoms with Crippen LogP contribution in [0.15, 0.2) is 18.5 Å². The van der Waals surface area contributed by atoms with Crippen molar-refractivity contribution in [1.29, 1.82) is 0 Å². The van der Waals surface area contributed by atoms with Gasteiger partial charge < -0.3 is 15.1 Å². The Morgan fingerprint density at radius 1 is 1.30 bits per heavy atom. The van der Waals surface area contributed by atoms with Crippen molar-refractivity contribution >= 4 is 5.69 Å². The highest BCUT2D eigenvalue weighted by Crippen LogP contribution is 2.26. The Morgan fingerprint density at radius 2 is 2.05 bits per heavy atom. The van der Waals surface area contributed by atoms with Gasteiger partial charge in [0.2, 0.25) is 0 Å². The normalized spacial score (nSPS) is 21.1. The van der Waals surface area contributed by atoms with Crippen LogP contribution in [-0.4, -0.2) is 49.2 Å². The van der Waals surface area contributed by atoms with E-state index in [4.69, 9.17) is 0 Å². The number of hydrogen-bond donors (Lipinski definition) is 1. The molecule has 1 N–H and O–H groups in total. The van der Waals surface area contributed by atoms with Crippen molar-refractivity contribution in [2.75, 3.05) is 32.1 Å². The summed E-state index contributed by atoms with van der Waals surface area (Å²) in [6.45, 7) is 3.36. The minimum absolute atomic E-state index is 0.660. The third-order valence-electron chi connectivity index (χ3n) is 4.65. The zero-order chi connectivity index (χ0) is 13.9. The highest BCUT2D eigenvalue weighted by Gasteiger charge is 2.24. The van der Waals surface area contributed by atoms with Crippen LogP contribution in [0.4, 0.5) is 5.69 Å². The van der Waals surface area contributed by atoms with Crippen molar-refractivity contribution in [3.8, 4) is 0 Å². The number of nitrogens with one attached hydrogen (secondary N) is 1. The molecule has 0 bridgehead atoms. The first-order valence-electron chi connectivity index (χ1n) is 7.81. The van der Waals surface area contributed by atoms with Crippen LogP contribution in [0.5, 0.6) is 0 Å². The lowest BCUT2D eigenvalue weighted by Crippen LogP contribution is -2.42. The highest BCUT2D eigenvalue weighted by atomic mass is 15.2. The predicted octanol–water partition coefficient (Wildman–Crippen LogP) is 1.86. The van der Waals surface area contributed by atoms with Crippen LogP contribution in [0.3, 0.4) is 0 Å². The molecule has 2 aliphatic rings. The second-order valence-electron chi connectivity index (χ2n) is 6.30. The fraction of sp³-hybridized carbons (Fsp3) is 0.688. The summed E-state index contributed by atoms with van der Waals surface area (Å²) in [6, 6.07) is 3.58.